The average Bonchev–Trinajstić information content (AvgIpc) is 2.88. The molecule has 5 nitrogen and oxygen atoms in total. The highest BCUT2D eigenvalue weighted by Crippen LogP contribution is 2.29. The Kier molecular flexibility index (Phi) is 3.21. The number of ether oxygens (including phenoxy) is 1. The first-order valence-electron chi connectivity index (χ1n) is 6.47. The second-order valence-electron chi connectivity index (χ2n) is 4.78. The van der Waals surface area contributed by atoms with E-state index < -0.39 is 0 Å². The molecule has 1 aliphatic rings. The van der Waals surface area contributed by atoms with Crippen LogP contribution in [0.25, 0.3) is 0 Å². The van der Waals surface area contributed by atoms with Crippen LogP contribution in [0.4, 0.5) is 10.1 Å². The van der Waals surface area contributed by atoms with Crippen molar-refractivity contribution in [3.63, 3.8) is 0 Å². The van der Waals surface area contributed by atoms with Gasteiger partial charge in [-0.1, -0.05) is 0 Å². The number of aromatic amines is 1. The molecule has 21 heavy (non-hydrogen) atoms. The maximum atomic E-state index is 13.2. The quantitative estimate of drug-likeness (QED) is 0.915. The first-order valence-corrected chi connectivity index (χ1v) is 6.47. The minimum absolute atomic E-state index is 0.150. The summed E-state index contributed by atoms with van der Waals surface area (Å²) in [5, 5.41) is 0. The number of hydrogen-bond acceptors (Lipinski definition) is 3. The standard InChI is InChI=1S/C15H13FN2O3/c1-21-14-8-11(19)7-12(17-14)15(20)18-5-4-9-6-10(16)2-3-13(9)18/h2-3,6-8H,4-5H2,1H3,(H,17,19). The van der Waals surface area contributed by atoms with Crippen molar-refractivity contribution in [2.75, 3.05) is 18.6 Å². The molecule has 3 rings (SSSR count). The van der Waals surface area contributed by atoms with E-state index in [4.69, 9.17) is 4.74 Å². The molecule has 0 spiro atoms. The molecule has 0 bridgehead atoms. The number of anilines is 1. The molecule has 0 radical (unpaired) electrons. The van der Waals surface area contributed by atoms with Crippen LogP contribution in [0, 0.1) is 5.82 Å². The van der Waals surface area contributed by atoms with E-state index in [2.05, 4.69) is 4.98 Å². The Hall–Kier alpha value is -2.63. The Morgan fingerprint density at radius 2 is 2.14 bits per heavy atom. The third-order valence-corrected chi connectivity index (χ3v) is 3.45. The fraction of sp³-hybridized carbons (Fsp3) is 0.200. The molecular formula is C15H13FN2O3. The first kappa shape index (κ1) is 13.4. The van der Waals surface area contributed by atoms with E-state index >= 15 is 0 Å². The second kappa shape index (κ2) is 5.05. The number of pyridine rings is 1. The number of hydrogen-bond donors (Lipinski definition) is 1. The lowest BCUT2D eigenvalue weighted by Gasteiger charge is -2.17. The third-order valence-electron chi connectivity index (χ3n) is 3.45. The zero-order valence-corrected chi connectivity index (χ0v) is 11.4. The maximum Gasteiger partial charge on any atom is 0.274 e. The number of aromatic nitrogens is 1. The molecule has 1 aromatic heterocycles. The monoisotopic (exact) mass is 288 g/mol. The molecule has 0 fully saturated rings. The molecule has 108 valence electrons. The van der Waals surface area contributed by atoms with Crippen LogP contribution >= 0.6 is 0 Å². The van der Waals surface area contributed by atoms with Crippen LogP contribution in [-0.2, 0) is 6.42 Å². The third kappa shape index (κ3) is 2.40. The van der Waals surface area contributed by atoms with Gasteiger partial charge >= 0.3 is 0 Å². The van der Waals surface area contributed by atoms with E-state index in [1.807, 2.05) is 0 Å². The van der Waals surface area contributed by atoms with Gasteiger partial charge in [-0.3, -0.25) is 9.59 Å². The number of H-pyrrole nitrogens is 1. The number of methoxy groups -OCH3 is 1. The fourth-order valence-corrected chi connectivity index (χ4v) is 2.47. The Morgan fingerprint density at radius 1 is 1.33 bits per heavy atom. The van der Waals surface area contributed by atoms with Crippen molar-refractivity contribution in [2.45, 2.75) is 6.42 Å². The molecule has 0 unspecified atom stereocenters. The largest absolute Gasteiger partial charge is 0.482 e. The molecule has 0 aliphatic carbocycles. The summed E-state index contributed by atoms with van der Waals surface area (Å²) in [5.41, 5.74) is 1.29. The Morgan fingerprint density at radius 3 is 2.90 bits per heavy atom. The molecule has 1 aliphatic heterocycles. The number of amides is 1. The second-order valence-corrected chi connectivity index (χ2v) is 4.78. The SMILES string of the molecule is COc1cc(=O)cc(C(=O)N2CCc3cc(F)ccc32)[nH]1. The van der Waals surface area contributed by atoms with Crippen molar-refractivity contribution in [3.05, 3.63) is 57.6 Å². The van der Waals surface area contributed by atoms with Gasteiger partial charge in [0.2, 0.25) is 0 Å². The topological polar surface area (TPSA) is 62.4 Å². The number of fused-ring (bicyclic) bond motifs is 1. The van der Waals surface area contributed by atoms with E-state index in [-0.39, 0.29) is 28.7 Å². The van der Waals surface area contributed by atoms with E-state index in [1.165, 1.54) is 36.3 Å². The molecule has 1 amide bonds. The maximum absolute atomic E-state index is 13.2. The van der Waals surface area contributed by atoms with E-state index in [9.17, 15) is 14.0 Å². The number of halogens is 1. The number of nitrogens with one attached hydrogen (secondary N) is 1. The summed E-state index contributed by atoms with van der Waals surface area (Å²) >= 11 is 0. The van der Waals surface area contributed by atoms with Crippen molar-refractivity contribution in [3.8, 4) is 5.88 Å². The first-order chi connectivity index (χ1) is 10.1. The minimum Gasteiger partial charge on any atom is -0.482 e. The predicted octanol–water partition coefficient (Wildman–Crippen LogP) is 1.73. The molecule has 2 heterocycles. The summed E-state index contributed by atoms with van der Waals surface area (Å²) in [4.78, 5) is 28.4. The number of carbonyl (C=O) groups is 1. The summed E-state index contributed by atoms with van der Waals surface area (Å²) in [6.45, 7) is 0.455. The van der Waals surface area contributed by atoms with E-state index in [0.717, 1.165) is 5.56 Å². The van der Waals surface area contributed by atoms with Gasteiger partial charge in [0, 0.05) is 24.4 Å². The Labute approximate surface area is 120 Å². The summed E-state index contributed by atoms with van der Waals surface area (Å²) in [7, 11) is 1.41. The van der Waals surface area contributed by atoms with E-state index in [0.29, 0.717) is 18.7 Å². The van der Waals surface area contributed by atoms with Crippen LogP contribution in [0.15, 0.2) is 35.1 Å². The summed E-state index contributed by atoms with van der Waals surface area (Å²) in [5.74, 6) is -0.432. The van der Waals surface area contributed by atoms with Crippen molar-refractivity contribution in [1.29, 1.82) is 0 Å². The van der Waals surface area contributed by atoms with Crippen molar-refractivity contribution in [1.82, 2.24) is 4.98 Å². The molecule has 1 aromatic carbocycles. The van der Waals surface area contributed by atoms with Gasteiger partial charge < -0.3 is 14.6 Å². The smallest absolute Gasteiger partial charge is 0.274 e. The van der Waals surface area contributed by atoms with Gasteiger partial charge in [-0.25, -0.2) is 4.39 Å². The number of rotatable bonds is 2. The Balaban J connectivity index is 1.98. The summed E-state index contributed by atoms with van der Waals surface area (Å²) in [6, 6.07) is 6.82. The molecular weight excluding hydrogens is 275 g/mol. The highest BCUT2D eigenvalue weighted by Gasteiger charge is 2.26. The van der Waals surface area contributed by atoms with Crippen LogP contribution in [-0.4, -0.2) is 24.5 Å². The van der Waals surface area contributed by atoms with Crippen molar-refractivity contribution in [2.24, 2.45) is 0 Å². The Bertz CT molecular complexity index is 770. The highest BCUT2D eigenvalue weighted by molar-refractivity contribution is 6.06. The normalized spacial score (nSPS) is 13.1. The van der Waals surface area contributed by atoms with Gasteiger partial charge in [-0.2, -0.15) is 0 Å². The highest BCUT2D eigenvalue weighted by atomic mass is 19.1. The van der Waals surface area contributed by atoms with Gasteiger partial charge in [0.25, 0.3) is 5.91 Å². The van der Waals surface area contributed by atoms with Crippen molar-refractivity contribution < 1.29 is 13.9 Å². The van der Waals surface area contributed by atoms with Gasteiger partial charge in [0.1, 0.15) is 11.5 Å². The zero-order chi connectivity index (χ0) is 15.0. The summed E-state index contributed by atoms with van der Waals surface area (Å²) < 4.78 is 18.2. The lowest BCUT2D eigenvalue weighted by molar-refractivity contribution is 0.0983. The van der Waals surface area contributed by atoms with Crippen LogP contribution in [0.2, 0.25) is 0 Å². The van der Waals surface area contributed by atoms with E-state index in [1.54, 1.807) is 6.07 Å². The van der Waals surface area contributed by atoms with Gasteiger partial charge in [0.15, 0.2) is 11.3 Å². The van der Waals surface area contributed by atoms with Crippen LogP contribution < -0.4 is 15.1 Å². The lowest BCUT2D eigenvalue weighted by atomic mass is 10.1. The zero-order valence-electron chi connectivity index (χ0n) is 11.4. The lowest BCUT2D eigenvalue weighted by Crippen LogP contribution is -2.30. The molecule has 0 saturated heterocycles. The molecule has 6 heteroatoms. The number of nitrogens with zero attached hydrogens (tertiary/aromatic N) is 1. The molecule has 0 saturated carbocycles. The summed E-state index contributed by atoms with van der Waals surface area (Å²) in [6.07, 6.45) is 0.590. The van der Waals surface area contributed by atoms with Gasteiger partial charge in [-0.15, -0.1) is 0 Å². The molecule has 2 aromatic rings. The molecule has 1 N–H and O–H groups in total. The predicted molar refractivity (Wildman–Crippen MR) is 75.4 cm³/mol. The molecule has 0 atom stereocenters. The number of carbonyl (C=O) groups excluding carboxylic acids is 1. The fourth-order valence-electron chi connectivity index (χ4n) is 2.47. The van der Waals surface area contributed by atoms with Crippen LogP contribution in [0.3, 0.4) is 0 Å². The van der Waals surface area contributed by atoms with Crippen LogP contribution in [0.5, 0.6) is 5.88 Å². The number of benzene rings is 1. The van der Waals surface area contributed by atoms with Gasteiger partial charge in [-0.05, 0) is 30.2 Å². The average molecular weight is 288 g/mol. The van der Waals surface area contributed by atoms with Gasteiger partial charge in [0.05, 0.1) is 7.11 Å². The minimum atomic E-state index is -0.337. The van der Waals surface area contributed by atoms with Crippen molar-refractivity contribution >= 4 is 11.6 Å². The van der Waals surface area contributed by atoms with Crippen LogP contribution in [0.1, 0.15) is 16.1 Å².